The summed E-state index contributed by atoms with van der Waals surface area (Å²) < 4.78 is 5.64. The van der Waals surface area contributed by atoms with E-state index in [0.717, 1.165) is 18.8 Å². The molecule has 2 aliphatic heterocycles. The normalized spacial score (nSPS) is 20.9. The van der Waals surface area contributed by atoms with Crippen molar-refractivity contribution in [1.82, 2.24) is 10.2 Å². The Morgan fingerprint density at radius 1 is 1.16 bits per heavy atom. The van der Waals surface area contributed by atoms with Crippen LogP contribution in [0.4, 0.5) is 5.69 Å². The largest absolute Gasteiger partial charge is 0.368 e. The van der Waals surface area contributed by atoms with E-state index < -0.39 is 5.60 Å². The fourth-order valence-electron chi connectivity index (χ4n) is 3.73. The van der Waals surface area contributed by atoms with Gasteiger partial charge >= 0.3 is 0 Å². The van der Waals surface area contributed by atoms with Gasteiger partial charge in [-0.3, -0.25) is 9.59 Å². The minimum absolute atomic E-state index is 0.0432. The van der Waals surface area contributed by atoms with Crippen molar-refractivity contribution in [2.45, 2.75) is 31.3 Å². The van der Waals surface area contributed by atoms with Crippen molar-refractivity contribution in [3.63, 3.8) is 0 Å². The number of amides is 2. The molecule has 0 bridgehead atoms. The van der Waals surface area contributed by atoms with E-state index in [2.05, 4.69) is 10.6 Å². The summed E-state index contributed by atoms with van der Waals surface area (Å²) in [5.74, 6) is 0.0795. The molecule has 25 heavy (non-hydrogen) atoms. The molecule has 136 valence electrons. The minimum Gasteiger partial charge on any atom is -0.368 e. The van der Waals surface area contributed by atoms with Crippen LogP contribution in [0.2, 0.25) is 0 Å². The number of benzene rings is 1. The minimum atomic E-state index is -0.690. The second-order valence-corrected chi connectivity index (χ2v) is 6.87. The second kappa shape index (κ2) is 7.97. The van der Waals surface area contributed by atoms with Crippen LogP contribution in [0.5, 0.6) is 0 Å². The SMILES string of the molecule is COC1(C(=O)N2CCC(C(=O)Nc3ccccc3)CC2)CCNCC1. The summed E-state index contributed by atoms with van der Waals surface area (Å²) in [5.41, 5.74) is 0.128. The van der Waals surface area contributed by atoms with Crippen LogP contribution in [0.1, 0.15) is 25.7 Å². The van der Waals surface area contributed by atoms with Crippen LogP contribution in [0, 0.1) is 5.92 Å². The highest BCUT2D eigenvalue weighted by molar-refractivity contribution is 5.93. The van der Waals surface area contributed by atoms with Gasteiger partial charge in [-0.15, -0.1) is 0 Å². The first-order valence-corrected chi connectivity index (χ1v) is 9.06. The number of piperidine rings is 2. The topological polar surface area (TPSA) is 70.7 Å². The summed E-state index contributed by atoms with van der Waals surface area (Å²) in [6.07, 6.45) is 2.80. The molecular formula is C19H27N3O3. The van der Waals surface area contributed by atoms with E-state index in [0.29, 0.717) is 38.8 Å². The van der Waals surface area contributed by atoms with Crippen molar-refractivity contribution in [3.05, 3.63) is 30.3 Å². The smallest absolute Gasteiger partial charge is 0.254 e. The van der Waals surface area contributed by atoms with Crippen LogP contribution >= 0.6 is 0 Å². The van der Waals surface area contributed by atoms with Gasteiger partial charge < -0.3 is 20.3 Å². The number of rotatable bonds is 4. The molecule has 2 saturated heterocycles. The van der Waals surface area contributed by atoms with Gasteiger partial charge in [0.1, 0.15) is 5.60 Å². The number of hydrogen-bond acceptors (Lipinski definition) is 4. The molecule has 0 saturated carbocycles. The molecular weight excluding hydrogens is 318 g/mol. The van der Waals surface area contributed by atoms with Gasteiger partial charge in [-0.05, 0) is 50.9 Å². The highest BCUT2D eigenvalue weighted by Crippen LogP contribution is 2.28. The Balaban J connectivity index is 1.54. The standard InChI is InChI=1S/C19H27N3O3/c1-25-19(9-11-20-12-10-19)18(24)22-13-7-15(8-14-22)17(23)21-16-5-3-2-4-6-16/h2-6,15,20H,7-14H2,1H3,(H,21,23). The van der Waals surface area contributed by atoms with Crippen LogP contribution in [-0.4, -0.2) is 55.6 Å². The number of nitrogens with zero attached hydrogens (tertiary/aromatic N) is 1. The molecule has 0 aromatic heterocycles. The lowest BCUT2D eigenvalue weighted by Gasteiger charge is -2.41. The Morgan fingerprint density at radius 3 is 2.40 bits per heavy atom. The molecule has 1 aromatic carbocycles. The van der Waals surface area contributed by atoms with Gasteiger partial charge in [0.15, 0.2) is 0 Å². The van der Waals surface area contributed by atoms with E-state index in [4.69, 9.17) is 4.74 Å². The first-order valence-electron chi connectivity index (χ1n) is 9.06. The summed E-state index contributed by atoms with van der Waals surface area (Å²) in [5, 5.41) is 6.24. The summed E-state index contributed by atoms with van der Waals surface area (Å²) in [7, 11) is 1.63. The van der Waals surface area contributed by atoms with Crippen LogP contribution in [0.3, 0.4) is 0 Å². The Morgan fingerprint density at radius 2 is 1.80 bits per heavy atom. The molecule has 0 spiro atoms. The van der Waals surface area contributed by atoms with Gasteiger partial charge in [0, 0.05) is 31.8 Å². The van der Waals surface area contributed by atoms with Gasteiger partial charge in [0.05, 0.1) is 0 Å². The maximum Gasteiger partial charge on any atom is 0.254 e. The van der Waals surface area contributed by atoms with Gasteiger partial charge in [-0.2, -0.15) is 0 Å². The summed E-state index contributed by atoms with van der Waals surface area (Å²) in [6.45, 7) is 2.83. The molecule has 2 N–H and O–H groups in total. The van der Waals surface area contributed by atoms with Gasteiger partial charge in [-0.1, -0.05) is 18.2 Å². The fourth-order valence-corrected chi connectivity index (χ4v) is 3.73. The lowest BCUT2D eigenvalue weighted by atomic mass is 9.88. The van der Waals surface area contributed by atoms with Gasteiger partial charge in [-0.25, -0.2) is 0 Å². The van der Waals surface area contributed by atoms with E-state index in [1.165, 1.54) is 0 Å². The average molecular weight is 345 g/mol. The second-order valence-electron chi connectivity index (χ2n) is 6.87. The maximum absolute atomic E-state index is 12.9. The third-order valence-electron chi connectivity index (χ3n) is 5.39. The van der Waals surface area contributed by atoms with Gasteiger partial charge in [0.25, 0.3) is 5.91 Å². The number of carbonyl (C=O) groups is 2. The molecule has 2 heterocycles. The molecule has 6 nitrogen and oxygen atoms in total. The molecule has 0 radical (unpaired) electrons. The summed E-state index contributed by atoms with van der Waals surface area (Å²) in [6, 6.07) is 9.50. The predicted octanol–water partition coefficient (Wildman–Crippen LogP) is 1.63. The predicted molar refractivity (Wildman–Crippen MR) is 96.2 cm³/mol. The molecule has 0 aliphatic carbocycles. The van der Waals surface area contributed by atoms with E-state index >= 15 is 0 Å². The van der Waals surface area contributed by atoms with Crippen LogP contribution in [-0.2, 0) is 14.3 Å². The number of nitrogens with one attached hydrogen (secondary N) is 2. The monoisotopic (exact) mass is 345 g/mol. The number of ether oxygens (including phenoxy) is 1. The van der Waals surface area contributed by atoms with Crippen LogP contribution < -0.4 is 10.6 Å². The first-order chi connectivity index (χ1) is 12.1. The molecule has 2 aliphatic rings. The highest BCUT2D eigenvalue weighted by atomic mass is 16.5. The maximum atomic E-state index is 12.9. The number of para-hydroxylation sites is 1. The summed E-state index contributed by atoms with van der Waals surface area (Å²) >= 11 is 0. The third-order valence-corrected chi connectivity index (χ3v) is 5.39. The third kappa shape index (κ3) is 4.02. The van der Waals surface area contributed by atoms with Crippen molar-refractivity contribution in [2.75, 3.05) is 38.6 Å². The Kier molecular flexibility index (Phi) is 5.71. The van der Waals surface area contributed by atoms with Crippen molar-refractivity contribution in [2.24, 2.45) is 5.92 Å². The zero-order chi connectivity index (χ0) is 17.7. The van der Waals surface area contributed by atoms with Crippen LogP contribution in [0.25, 0.3) is 0 Å². The number of methoxy groups -OCH3 is 1. The first kappa shape index (κ1) is 17.9. The lowest BCUT2D eigenvalue weighted by Crippen LogP contribution is -2.57. The highest BCUT2D eigenvalue weighted by Gasteiger charge is 2.43. The number of carbonyl (C=O) groups excluding carboxylic acids is 2. The zero-order valence-electron chi connectivity index (χ0n) is 14.8. The molecule has 6 heteroatoms. The fraction of sp³-hybridized carbons (Fsp3) is 0.579. The lowest BCUT2D eigenvalue weighted by molar-refractivity contribution is -0.160. The Bertz CT molecular complexity index is 591. The van der Waals surface area contributed by atoms with Crippen molar-refractivity contribution >= 4 is 17.5 Å². The Labute approximate surface area is 148 Å². The van der Waals surface area contributed by atoms with Crippen molar-refractivity contribution < 1.29 is 14.3 Å². The van der Waals surface area contributed by atoms with E-state index in [-0.39, 0.29) is 17.7 Å². The Hall–Kier alpha value is -1.92. The quantitative estimate of drug-likeness (QED) is 0.870. The van der Waals surface area contributed by atoms with Gasteiger partial charge in [0.2, 0.25) is 5.91 Å². The van der Waals surface area contributed by atoms with E-state index in [1.54, 1.807) is 7.11 Å². The summed E-state index contributed by atoms with van der Waals surface area (Å²) in [4.78, 5) is 27.2. The number of anilines is 1. The zero-order valence-corrected chi connectivity index (χ0v) is 14.8. The number of hydrogen-bond donors (Lipinski definition) is 2. The van der Waals surface area contributed by atoms with Crippen molar-refractivity contribution in [1.29, 1.82) is 0 Å². The van der Waals surface area contributed by atoms with E-state index in [1.807, 2.05) is 35.2 Å². The van der Waals surface area contributed by atoms with Crippen molar-refractivity contribution in [3.8, 4) is 0 Å². The molecule has 1 aromatic rings. The van der Waals surface area contributed by atoms with E-state index in [9.17, 15) is 9.59 Å². The average Bonchev–Trinajstić information content (AvgIpc) is 2.69. The molecule has 0 unspecified atom stereocenters. The van der Waals surface area contributed by atoms with Crippen LogP contribution in [0.15, 0.2) is 30.3 Å². The molecule has 2 amide bonds. The number of likely N-dealkylation sites (tertiary alicyclic amines) is 1. The molecule has 0 atom stereocenters. The molecule has 3 rings (SSSR count). The molecule has 2 fully saturated rings.